The zero-order valence-electron chi connectivity index (χ0n) is 11.2. The monoisotopic (exact) mass is 318 g/mol. The summed E-state index contributed by atoms with van der Waals surface area (Å²) in [5, 5.41) is 4.38. The molecular weight excluding hydrogens is 307 g/mol. The molecule has 0 aliphatic rings. The molecule has 3 aromatic rings. The van der Waals surface area contributed by atoms with Gasteiger partial charge in [0.2, 0.25) is 0 Å². The number of benzene rings is 1. The van der Waals surface area contributed by atoms with E-state index in [0.717, 1.165) is 17.1 Å². The van der Waals surface area contributed by atoms with E-state index in [2.05, 4.69) is 15.3 Å². The van der Waals surface area contributed by atoms with Crippen molar-refractivity contribution in [2.24, 2.45) is 0 Å². The van der Waals surface area contributed by atoms with Crippen molar-refractivity contribution in [3.8, 4) is 5.69 Å². The number of pyridine rings is 1. The predicted molar refractivity (Wildman–Crippen MR) is 85.8 cm³/mol. The first kappa shape index (κ1) is 13.9. The van der Waals surface area contributed by atoms with Gasteiger partial charge < -0.3 is 9.88 Å². The summed E-state index contributed by atoms with van der Waals surface area (Å²) in [6.07, 6.45) is 5.27. The van der Waals surface area contributed by atoms with Crippen molar-refractivity contribution >= 4 is 34.7 Å². The Labute approximate surface area is 132 Å². The van der Waals surface area contributed by atoms with Crippen molar-refractivity contribution in [2.45, 2.75) is 6.92 Å². The van der Waals surface area contributed by atoms with Crippen LogP contribution in [0.3, 0.4) is 0 Å². The lowest BCUT2D eigenvalue weighted by atomic mass is 10.3. The van der Waals surface area contributed by atoms with Gasteiger partial charge in [0, 0.05) is 22.6 Å². The van der Waals surface area contributed by atoms with Gasteiger partial charge in [-0.3, -0.25) is 0 Å². The van der Waals surface area contributed by atoms with Gasteiger partial charge in [0.25, 0.3) is 0 Å². The van der Waals surface area contributed by atoms with E-state index in [1.807, 2.05) is 29.7 Å². The maximum absolute atomic E-state index is 6.30. The fourth-order valence-electron chi connectivity index (χ4n) is 1.95. The lowest BCUT2D eigenvalue weighted by molar-refractivity contribution is 0.992. The van der Waals surface area contributed by atoms with E-state index in [9.17, 15) is 0 Å². The van der Waals surface area contributed by atoms with Crippen LogP contribution in [-0.2, 0) is 0 Å². The summed E-state index contributed by atoms with van der Waals surface area (Å²) < 4.78 is 1.92. The van der Waals surface area contributed by atoms with Crippen LogP contribution < -0.4 is 5.32 Å². The van der Waals surface area contributed by atoms with E-state index in [-0.39, 0.29) is 0 Å². The van der Waals surface area contributed by atoms with Crippen LogP contribution in [0.15, 0.2) is 49.1 Å². The lowest BCUT2D eigenvalue weighted by Crippen LogP contribution is -1.99. The molecule has 6 heteroatoms. The Balaban J connectivity index is 1.88. The number of halogens is 2. The molecule has 1 N–H and O–H groups in total. The summed E-state index contributed by atoms with van der Waals surface area (Å²) in [4.78, 5) is 8.46. The third-order valence-corrected chi connectivity index (χ3v) is 3.58. The van der Waals surface area contributed by atoms with Crippen LogP contribution >= 0.6 is 23.2 Å². The summed E-state index contributed by atoms with van der Waals surface area (Å²) in [6.45, 7) is 1.97. The van der Waals surface area contributed by atoms with Crippen LogP contribution in [0.25, 0.3) is 5.69 Å². The second-order valence-electron chi connectivity index (χ2n) is 4.56. The van der Waals surface area contributed by atoms with E-state index in [4.69, 9.17) is 23.2 Å². The normalized spacial score (nSPS) is 10.6. The van der Waals surface area contributed by atoms with E-state index >= 15 is 0 Å². The highest BCUT2D eigenvalue weighted by Gasteiger charge is 2.07. The number of aryl methyl sites for hydroxylation is 1. The van der Waals surface area contributed by atoms with Gasteiger partial charge in [-0.25, -0.2) is 9.97 Å². The van der Waals surface area contributed by atoms with Crippen LogP contribution in [0.1, 0.15) is 5.69 Å². The maximum Gasteiger partial charge on any atom is 0.149 e. The Kier molecular flexibility index (Phi) is 3.82. The molecule has 0 amide bonds. The first-order valence-corrected chi connectivity index (χ1v) is 7.06. The number of imidazole rings is 1. The quantitative estimate of drug-likeness (QED) is 0.765. The van der Waals surface area contributed by atoms with Crippen LogP contribution in [0.4, 0.5) is 11.5 Å². The molecule has 1 aromatic carbocycles. The second kappa shape index (κ2) is 5.76. The summed E-state index contributed by atoms with van der Waals surface area (Å²) in [5.41, 5.74) is 2.77. The number of hydrogen-bond acceptors (Lipinski definition) is 3. The molecule has 0 atom stereocenters. The largest absolute Gasteiger partial charge is 0.339 e. The molecule has 106 valence electrons. The fraction of sp³-hybridized carbons (Fsp3) is 0.0667. The molecule has 3 rings (SSSR count). The predicted octanol–water partition coefficient (Wildman–Crippen LogP) is 4.63. The Morgan fingerprint density at radius 3 is 2.48 bits per heavy atom. The smallest absolute Gasteiger partial charge is 0.149 e. The molecule has 0 bridgehead atoms. The van der Waals surface area contributed by atoms with E-state index in [1.165, 1.54) is 0 Å². The summed E-state index contributed by atoms with van der Waals surface area (Å²) in [7, 11) is 0. The van der Waals surface area contributed by atoms with Crippen molar-refractivity contribution in [2.75, 3.05) is 5.32 Å². The zero-order chi connectivity index (χ0) is 14.8. The van der Waals surface area contributed by atoms with Gasteiger partial charge in [-0.05, 0) is 37.3 Å². The molecule has 0 fully saturated rings. The minimum Gasteiger partial charge on any atom is -0.339 e. The number of nitrogens with one attached hydrogen (secondary N) is 1. The molecule has 4 nitrogen and oxygen atoms in total. The second-order valence-corrected chi connectivity index (χ2v) is 5.40. The van der Waals surface area contributed by atoms with Crippen molar-refractivity contribution in [3.63, 3.8) is 0 Å². The van der Waals surface area contributed by atoms with Crippen molar-refractivity contribution in [3.05, 3.63) is 64.8 Å². The number of hydrogen-bond donors (Lipinski definition) is 1. The highest BCUT2D eigenvalue weighted by atomic mass is 35.5. The molecule has 0 unspecified atom stereocenters. The Morgan fingerprint density at radius 1 is 1.10 bits per heavy atom. The Bertz CT molecular complexity index is 766. The fourth-order valence-corrected chi connectivity index (χ4v) is 2.29. The highest BCUT2D eigenvalue weighted by Crippen LogP contribution is 2.26. The molecule has 0 radical (unpaired) electrons. The average molecular weight is 319 g/mol. The third kappa shape index (κ3) is 3.01. The SMILES string of the molecule is Cc1cncn1-c1cnc(Nc2ccc(Cl)cc2)c(Cl)c1. The van der Waals surface area contributed by atoms with Crippen molar-refractivity contribution in [1.82, 2.24) is 14.5 Å². The third-order valence-electron chi connectivity index (χ3n) is 3.04. The molecule has 0 aliphatic heterocycles. The van der Waals surface area contributed by atoms with Gasteiger partial charge in [-0.1, -0.05) is 23.2 Å². The molecule has 0 spiro atoms. The van der Waals surface area contributed by atoms with Crippen LogP contribution in [0.5, 0.6) is 0 Å². The Hall–Kier alpha value is -2.04. The van der Waals surface area contributed by atoms with Gasteiger partial charge in [-0.2, -0.15) is 0 Å². The van der Waals surface area contributed by atoms with Gasteiger partial charge in [0.15, 0.2) is 0 Å². The van der Waals surface area contributed by atoms with Crippen molar-refractivity contribution in [1.29, 1.82) is 0 Å². The number of rotatable bonds is 3. The van der Waals surface area contributed by atoms with Crippen molar-refractivity contribution < 1.29 is 0 Å². The van der Waals surface area contributed by atoms with Crippen LogP contribution in [0.2, 0.25) is 10.0 Å². The van der Waals surface area contributed by atoms with Gasteiger partial charge in [0.05, 0.1) is 23.2 Å². The summed E-state index contributed by atoms with van der Waals surface area (Å²) in [5.74, 6) is 0.598. The van der Waals surface area contributed by atoms with Gasteiger partial charge in [-0.15, -0.1) is 0 Å². The number of aromatic nitrogens is 3. The molecule has 2 heterocycles. The van der Waals surface area contributed by atoms with Gasteiger partial charge >= 0.3 is 0 Å². The minimum absolute atomic E-state index is 0.538. The maximum atomic E-state index is 6.30. The summed E-state index contributed by atoms with van der Waals surface area (Å²) >= 11 is 12.2. The Morgan fingerprint density at radius 2 is 1.86 bits per heavy atom. The first-order chi connectivity index (χ1) is 10.1. The molecule has 0 saturated carbocycles. The number of nitrogens with zero attached hydrogens (tertiary/aromatic N) is 3. The lowest BCUT2D eigenvalue weighted by Gasteiger charge is -2.10. The first-order valence-electron chi connectivity index (χ1n) is 6.31. The minimum atomic E-state index is 0.538. The molecular formula is C15H12Cl2N4. The molecule has 0 aliphatic carbocycles. The molecule has 2 aromatic heterocycles. The van der Waals surface area contributed by atoms with E-state index in [0.29, 0.717) is 15.9 Å². The topological polar surface area (TPSA) is 42.7 Å². The van der Waals surface area contributed by atoms with Gasteiger partial charge in [0.1, 0.15) is 5.82 Å². The van der Waals surface area contributed by atoms with Crippen LogP contribution in [-0.4, -0.2) is 14.5 Å². The number of anilines is 2. The van der Waals surface area contributed by atoms with E-state index in [1.54, 1.807) is 30.9 Å². The highest BCUT2D eigenvalue weighted by molar-refractivity contribution is 6.33. The van der Waals surface area contributed by atoms with Crippen LogP contribution in [0, 0.1) is 6.92 Å². The zero-order valence-corrected chi connectivity index (χ0v) is 12.7. The molecule has 21 heavy (non-hydrogen) atoms. The summed E-state index contributed by atoms with van der Waals surface area (Å²) in [6, 6.07) is 9.20. The average Bonchev–Trinajstić information content (AvgIpc) is 2.90. The molecule has 0 saturated heterocycles. The van der Waals surface area contributed by atoms with E-state index < -0.39 is 0 Å². The standard InChI is InChI=1S/C15H12Cl2N4/c1-10-7-18-9-21(10)13-6-14(17)15(19-8-13)20-12-4-2-11(16)3-5-12/h2-9H,1H3,(H,19,20).